The van der Waals surface area contributed by atoms with Crippen LogP contribution in [0.2, 0.25) is 0 Å². The fraction of sp³-hybridized carbons (Fsp3) is 0.562. The highest BCUT2D eigenvalue weighted by Gasteiger charge is 2.34. The van der Waals surface area contributed by atoms with Gasteiger partial charge in [0.05, 0.1) is 5.56 Å². The summed E-state index contributed by atoms with van der Waals surface area (Å²) in [6, 6.07) is 4.17. The van der Waals surface area contributed by atoms with Crippen molar-refractivity contribution in [2.45, 2.75) is 32.5 Å². The molecule has 1 aliphatic rings. The van der Waals surface area contributed by atoms with E-state index < -0.39 is 23.4 Å². The summed E-state index contributed by atoms with van der Waals surface area (Å²) in [4.78, 5) is 15.4. The number of anilines is 1. The number of carbonyl (C=O) groups is 1. The molecule has 1 fully saturated rings. The lowest BCUT2D eigenvalue weighted by atomic mass is 10.1. The number of benzene rings is 1. The van der Waals surface area contributed by atoms with E-state index >= 15 is 0 Å². The molecule has 0 radical (unpaired) electrons. The van der Waals surface area contributed by atoms with Gasteiger partial charge in [0.2, 0.25) is 0 Å². The molecule has 8 heteroatoms. The van der Waals surface area contributed by atoms with Gasteiger partial charge in [0.15, 0.2) is 0 Å². The third-order valence-corrected chi connectivity index (χ3v) is 4.24. The average molecular weight is 409 g/mol. The van der Waals surface area contributed by atoms with Crippen LogP contribution in [0, 0.1) is 0 Å². The lowest BCUT2D eigenvalue weighted by Crippen LogP contribution is -2.50. The number of hydrogen-bond donors (Lipinski definition) is 0. The largest absolute Gasteiger partial charge is 0.444 e. The maximum Gasteiger partial charge on any atom is 0.417 e. The Kier molecular flexibility index (Phi) is 5.37. The second kappa shape index (κ2) is 6.82. The molecule has 0 aliphatic carbocycles. The third-order valence-electron chi connectivity index (χ3n) is 3.55. The summed E-state index contributed by atoms with van der Waals surface area (Å²) >= 11 is 2.94. The van der Waals surface area contributed by atoms with Crippen LogP contribution in [0.5, 0.6) is 0 Å². The molecule has 0 unspecified atom stereocenters. The molecule has 24 heavy (non-hydrogen) atoms. The smallest absolute Gasteiger partial charge is 0.417 e. The number of halogens is 4. The van der Waals surface area contributed by atoms with E-state index in [2.05, 4.69) is 15.9 Å². The zero-order valence-electron chi connectivity index (χ0n) is 13.8. The number of rotatable bonds is 1. The summed E-state index contributed by atoms with van der Waals surface area (Å²) in [5, 5.41) is 0. The van der Waals surface area contributed by atoms with Crippen LogP contribution in [0.15, 0.2) is 22.7 Å². The minimum absolute atomic E-state index is 0.0196. The summed E-state index contributed by atoms with van der Waals surface area (Å²) in [5.41, 5.74) is -0.773. The van der Waals surface area contributed by atoms with Crippen LogP contribution in [0.3, 0.4) is 0 Å². The predicted molar refractivity (Wildman–Crippen MR) is 89.2 cm³/mol. The van der Waals surface area contributed by atoms with E-state index in [0.29, 0.717) is 31.9 Å². The first-order chi connectivity index (χ1) is 11.0. The number of hydrogen-bond acceptors (Lipinski definition) is 3. The molecule has 0 spiro atoms. The normalized spacial score (nSPS) is 16.3. The van der Waals surface area contributed by atoms with E-state index in [1.54, 1.807) is 31.7 Å². The van der Waals surface area contributed by atoms with Gasteiger partial charge in [-0.15, -0.1) is 0 Å². The molecule has 1 amide bonds. The van der Waals surface area contributed by atoms with Gasteiger partial charge in [-0.1, -0.05) is 15.9 Å². The Labute approximate surface area is 147 Å². The fourth-order valence-corrected chi connectivity index (χ4v) is 2.87. The number of carbonyl (C=O) groups excluding carboxylic acids is 1. The Balaban J connectivity index is 2.04. The van der Waals surface area contributed by atoms with E-state index in [0.717, 1.165) is 6.07 Å². The van der Waals surface area contributed by atoms with Gasteiger partial charge in [-0.2, -0.15) is 13.2 Å². The van der Waals surface area contributed by atoms with Crippen LogP contribution in [0.4, 0.5) is 23.7 Å². The van der Waals surface area contributed by atoms with Crippen molar-refractivity contribution in [1.82, 2.24) is 4.90 Å². The molecule has 0 atom stereocenters. The van der Waals surface area contributed by atoms with Gasteiger partial charge in [0.25, 0.3) is 0 Å². The SMILES string of the molecule is CC(C)(C)OC(=O)N1CCN(c2ccc(Br)c(C(F)(F)F)c2)CC1. The van der Waals surface area contributed by atoms with Crippen LogP contribution in [-0.2, 0) is 10.9 Å². The molecule has 2 rings (SSSR count). The van der Waals surface area contributed by atoms with Crippen LogP contribution in [0.1, 0.15) is 26.3 Å². The summed E-state index contributed by atoms with van der Waals surface area (Å²) in [6.07, 6.45) is -4.80. The zero-order valence-corrected chi connectivity index (χ0v) is 15.4. The maximum absolute atomic E-state index is 13.0. The van der Waals surface area contributed by atoms with E-state index in [9.17, 15) is 18.0 Å². The van der Waals surface area contributed by atoms with Crippen molar-refractivity contribution in [2.75, 3.05) is 31.1 Å². The molecular formula is C16H20BrF3N2O2. The molecule has 1 aliphatic heterocycles. The summed E-state index contributed by atoms with van der Waals surface area (Å²) < 4.78 is 44.3. The number of ether oxygens (including phenoxy) is 1. The standard InChI is InChI=1S/C16H20BrF3N2O2/c1-15(2,3)24-14(23)22-8-6-21(7-9-22)11-4-5-13(17)12(10-11)16(18,19)20/h4-5,10H,6-9H2,1-3H3. The van der Waals surface area contributed by atoms with Gasteiger partial charge in [-0.3, -0.25) is 0 Å². The quantitative estimate of drug-likeness (QED) is 0.684. The molecule has 1 aromatic rings. The second-order valence-electron chi connectivity index (χ2n) is 6.62. The Morgan fingerprint density at radius 3 is 2.21 bits per heavy atom. The van der Waals surface area contributed by atoms with E-state index in [-0.39, 0.29) is 4.47 Å². The fourth-order valence-electron chi connectivity index (χ4n) is 2.40. The molecule has 0 N–H and O–H groups in total. The Hall–Kier alpha value is -1.44. The molecule has 4 nitrogen and oxygen atoms in total. The summed E-state index contributed by atoms with van der Waals surface area (Å²) in [5.74, 6) is 0. The highest BCUT2D eigenvalue weighted by molar-refractivity contribution is 9.10. The molecule has 0 saturated carbocycles. The van der Waals surface area contributed by atoms with Gasteiger partial charge in [-0.25, -0.2) is 4.79 Å². The van der Waals surface area contributed by atoms with Crippen molar-refractivity contribution in [3.63, 3.8) is 0 Å². The van der Waals surface area contributed by atoms with Crippen molar-refractivity contribution >= 4 is 27.7 Å². The zero-order chi connectivity index (χ0) is 18.1. The van der Waals surface area contributed by atoms with Crippen LogP contribution < -0.4 is 4.90 Å². The second-order valence-corrected chi connectivity index (χ2v) is 7.47. The third kappa shape index (κ3) is 4.78. The number of alkyl halides is 3. The molecule has 0 bridgehead atoms. The van der Waals surface area contributed by atoms with Crippen LogP contribution in [0.25, 0.3) is 0 Å². The van der Waals surface area contributed by atoms with Gasteiger partial charge in [0, 0.05) is 36.3 Å². The van der Waals surface area contributed by atoms with Crippen molar-refractivity contribution in [3.8, 4) is 0 Å². The lowest BCUT2D eigenvalue weighted by molar-refractivity contribution is -0.138. The van der Waals surface area contributed by atoms with Crippen LogP contribution in [-0.4, -0.2) is 42.8 Å². The Bertz CT molecular complexity index is 606. The van der Waals surface area contributed by atoms with Gasteiger partial charge < -0.3 is 14.5 Å². The average Bonchev–Trinajstić information content (AvgIpc) is 2.45. The van der Waals surface area contributed by atoms with Crippen molar-refractivity contribution in [2.24, 2.45) is 0 Å². The Morgan fingerprint density at radius 1 is 1.12 bits per heavy atom. The van der Waals surface area contributed by atoms with E-state index in [1.165, 1.54) is 6.07 Å². The maximum atomic E-state index is 13.0. The van der Waals surface area contributed by atoms with E-state index in [1.807, 2.05) is 4.90 Å². The first-order valence-electron chi connectivity index (χ1n) is 7.57. The van der Waals surface area contributed by atoms with Gasteiger partial charge in [0.1, 0.15) is 5.60 Å². The molecule has 1 heterocycles. The molecule has 1 saturated heterocycles. The highest BCUT2D eigenvalue weighted by Crippen LogP contribution is 2.37. The Morgan fingerprint density at radius 2 is 1.71 bits per heavy atom. The molecular weight excluding hydrogens is 389 g/mol. The highest BCUT2D eigenvalue weighted by atomic mass is 79.9. The van der Waals surface area contributed by atoms with Gasteiger partial charge >= 0.3 is 12.3 Å². The van der Waals surface area contributed by atoms with E-state index in [4.69, 9.17) is 4.74 Å². The number of piperazine rings is 1. The number of amides is 1. The summed E-state index contributed by atoms with van der Waals surface area (Å²) in [7, 11) is 0. The minimum Gasteiger partial charge on any atom is -0.444 e. The van der Waals surface area contributed by atoms with Gasteiger partial charge in [-0.05, 0) is 39.0 Å². The van der Waals surface area contributed by atoms with Crippen molar-refractivity contribution in [3.05, 3.63) is 28.2 Å². The van der Waals surface area contributed by atoms with Crippen molar-refractivity contribution in [1.29, 1.82) is 0 Å². The summed E-state index contributed by atoms with van der Waals surface area (Å²) in [6.45, 7) is 7.11. The molecule has 134 valence electrons. The topological polar surface area (TPSA) is 32.8 Å². The van der Waals surface area contributed by atoms with Crippen molar-refractivity contribution < 1.29 is 22.7 Å². The molecule has 1 aromatic carbocycles. The first kappa shape index (κ1) is 18.9. The molecule has 0 aromatic heterocycles. The minimum atomic E-state index is -4.41. The lowest BCUT2D eigenvalue weighted by Gasteiger charge is -2.37. The number of nitrogens with zero attached hydrogens (tertiary/aromatic N) is 2. The monoisotopic (exact) mass is 408 g/mol. The predicted octanol–water partition coefficient (Wildman–Crippen LogP) is 4.53. The van der Waals surface area contributed by atoms with Crippen LogP contribution >= 0.6 is 15.9 Å². The first-order valence-corrected chi connectivity index (χ1v) is 8.36.